The van der Waals surface area contributed by atoms with Crippen molar-refractivity contribution in [2.75, 3.05) is 0 Å². The van der Waals surface area contributed by atoms with Crippen molar-refractivity contribution in [3.63, 3.8) is 0 Å². The van der Waals surface area contributed by atoms with E-state index in [1.54, 1.807) is 12.1 Å². The molecule has 4 heteroatoms. The first-order chi connectivity index (χ1) is 9.66. The van der Waals surface area contributed by atoms with Crippen LogP contribution >= 0.6 is 0 Å². The van der Waals surface area contributed by atoms with E-state index in [9.17, 15) is 4.79 Å². The summed E-state index contributed by atoms with van der Waals surface area (Å²) in [6, 6.07) is 17.5. The summed E-state index contributed by atoms with van der Waals surface area (Å²) >= 11 is 0. The second kappa shape index (κ2) is 6.52. The van der Waals surface area contributed by atoms with Gasteiger partial charge in [-0.15, -0.1) is 0 Å². The Bertz CT molecular complexity index is 689. The molecule has 0 saturated heterocycles. The van der Waals surface area contributed by atoms with Crippen LogP contribution in [-0.4, -0.2) is 16.2 Å². The molecule has 0 unspecified atom stereocenters. The van der Waals surface area contributed by atoms with Gasteiger partial charge in [0.1, 0.15) is 5.69 Å². The Balaban J connectivity index is 0.000000178. The number of hydrogen-bond acceptors (Lipinski definition) is 3. The Morgan fingerprint density at radius 3 is 2.35 bits per heavy atom. The van der Waals surface area contributed by atoms with Crippen LogP contribution in [0.4, 0.5) is 0 Å². The van der Waals surface area contributed by atoms with Crippen molar-refractivity contribution in [1.82, 2.24) is 5.16 Å². The maximum Gasteiger partial charge on any atom is 0.309 e. The van der Waals surface area contributed by atoms with E-state index in [2.05, 4.69) is 24.2 Å². The summed E-state index contributed by atoms with van der Waals surface area (Å²) in [4.78, 5) is 10.4. The molecule has 3 aromatic rings. The molecular formula is C16H15NO3. The fourth-order valence-electron chi connectivity index (χ4n) is 1.74. The molecule has 0 saturated carbocycles. The first kappa shape index (κ1) is 13.8. The van der Waals surface area contributed by atoms with Gasteiger partial charge in [-0.2, -0.15) is 0 Å². The molecule has 0 aliphatic carbocycles. The fraction of sp³-hybridized carbons (Fsp3) is 0.125. The zero-order chi connectivity index (χ0) is 14.4. The van der Waals surface area contributed by atoms with Crippen molar-refractivity contribution in [2.45, 2.75) is 13.3 Å². The highest BCUT2D eigenvalue weighted by molar-refractivity contribution is 5.83. The van der Waals surface area contributed by atoms with Crippen molar-refractivity contribution < 1.29 is 14.4 Å². The van der Waals surface area contributed by atoms with Gasteiger partial charge in [0.05, 0.1) is 6.42 Å². The third-order valence-electron chi connectivity index (χ3n) is 2.71. The Hall–Kier alpha value is -2.62. The summed E-state index contributed by atoms with van der Waals surface area (Å²) in [5.74, 6) is -0.904. The van der Waals surface area contributed by atoms with Crippen LogP contribution in [0.1, 0.15) is 11.3 Å². The number of fused-ring (bicyclic) bond motifs is 1. The van der Waals surface area contributed by atoms with E-state index >= 15 is 0 Å². The van der Waals surface area contributed by atoms with Crippen LogP contribution in [0.3, 0.4) is 0 Å². The average Bonchev–Trinajstić information content (AvgIpc) is 2.83. The highest BCUT2D eigenvalue weighted by Gasteiger charge is 2.09. The topological polar surface area (TPSA) is 63.3 Å². The van der Waals surface area contributed by atoms with Crippen LogP contribution in [-0.2, 0) is 11.2 Å². The number of aliphatic carboxylic acids is 1. The smallest absolute Gasteiger partial charge is 0.309 e. The van der Waals surface area contributed by atoms with Crippen LogP contribution in [0.5, 0.6) is 0 Å². The lowest BCUT2D eigenvalue weighted by atomic mass is 10.2. The first-order valence-electron chi connectivity index (χ1n) is 6.23. The normalized spacial score (nSPS) is 9.85. The van der Waals surface area contributed by atoms with Crippen LogP contribution in [0.25, 0.3) is 11.0 Å². The monoisotopic (exact) mass is 269 g/mol. The lowest BCUT2D eigenvalue weighted by Gasteiger charge is -1.88. The van der Waals surface area contributed by atoms with Crippen molar-refractivity contribution >= 4 is 16.9 Å². The maximum absolute atomic E-state index is 10.4. The lowest BCUT2D eigenvalue weighted by Crippen LogP contribution is -2.00. The minimum Gasteiger partial charge on any atom is -0.481 e. The number of aromatic nitrogens is 1. The highest BCUT2D eigenvalue weighted by atomic mass is 16.5. The van der Waals surface area contributed by atoms with E-state index in [1.807, 2.05) is 30.3 Å². The van der Waals surface area contributed by atoms with Crippen LogP contribution in [0.15, 0.2) is 59.1 Å². The highest BCUT2D eigenvalue weighted by Crippen LogP contribution is 2.17. The van der Waals surface area contributed by atoms with E-state index < -0.39 is 5.97 Å². The number of carboxylic acids is 1. The number of rotatable bonds is 2. The molecule has 1 heterocycles. The molecular weight excluding hydrogens is 254 g/mol. The number of carbonyl (C=O) groups is 1. The third kappa shape index (κ3) is 3.68. The molecule has 0 amide bonds. The summed E-state index contributed by atoms with van der Waals surface area (Å²) < 4.78 is 4.94. The van der Waals surface area contributed by atoms with Crippen molar-refractivity contribution in [3.05, 3.63) is 65.9 Å². The van der Waals surface area contributed by atoms with Crippen molar-refractivity contribution in [3.8, 4) is 0 Å². The molecule has 102 valence electrons. The predicted molar refractivity (Wildman–Crippen MR) is 76.5 cm³/mol. The molecule has 3 rings (SSSR count). The Morgan fingerprint density at radius 2 is 1.75 bits per heavy atom. The Morgan fingerprint density at radius 1 is 1.10 bits per heavy atom. The van der Waals surface area contributed by atoms with Gasteiger partial charge in [0.25, 0.3) is 0 Å². The van der Waals surface area contributed by atoms with Gasteiger partial charge in [0.2, 0.25) is 0 Å². The van der Waals surface area contributed by atoms with E-state index in [4.69, 9.17) is 9.63 Å². The van der Waals surface area contributed by atoms with Gasteiger partial charge < -0.3 is 9.63 Å². The van der Waals surface area contributed by atoms with Gasteiger partial charge in [-0.05, 0) is 19.1 Å². The summed E-state index contributed by atoms with van der Waals surface area (Å²) in [7, 11) is 0. The van der Waals surface area contributed by atoms with Gasteiger partial charge in [-0.1, -0.05) is 53.2 Å². The fourth-order valence-corrected chi connectivity index (χ4v) is 1.74. The summed E-state index contributed by atoms with van der Waals surface area (Å²) in [5.41, 5.74) is 2.42. The first-order valence-corrected chi connectivity index (χ1v) is 6.23. The van der Waals surface area contributed by atoms with Gasteiger partial charge in [-0.3, -0.25) is 4.79 Å². The molecule has 0 radical (unpaired) electrons. The second-order valence-electron chi connectivity index (χ2n) is 4.35. The molecule has 0 aliphatic rings. The lowest BCUT2D eigenvalue weighted by molar-refractivity contribution is -0.136. The average molecular weight is 269 g/mol. The molecule has 20 heavy (non-hydrogen) atoms. The molecule has 1 aromatic heterocycles. The summed E-state index contributed by atoms with van der Waals surface area (Å²) in [5, 5.41) is 13.0. The Kier molecular flexibility index (Phi) is 4.50. The number of hydrogen-bond donors (Lipinski definition) is 1. The number of benzene rings is 2. The molecule has 0 atom stereocenters. The van der Waals surface area contributed by atoms with Crippen LogP contribution < -0.4 is 0 Å². The van der Waals surface area contributed by atoms with Crippen LogP contribution in [0, 0.1) is 6.92 Å². The van der Waals surface area contributed by atoms with E-state index in [0.717, 1.165) is 5.39 Å². The predicted octanol–water partition coefficient (Wildman–Crippen LogP) is 3.45. The summed E-state index contributed by atoms with van der Waals surface area (Å²) in [6.07, 6.45) is -0.100. The maximum atomic E-state index is 10.4. The standard InChI is InChI=1S/C9H7NO3.C7H8/c11-9(12)5-7-6-3-1-2-4-8(6)13-10-7;1-7-5-3-2-4-6-7/h1-4H,5H2,(H,11,12);2-6H,1H3. The minimum atomic E-state index is -0.904. The Labute approximate surface area is 116 Å². The number of para-hydroxylation sites is 1. The number of carboxylic acid groups (broad SMARTS) is 1. The van der Waals surface area contributed by atoms with Gasteiger partial charge in [0.15, 0.2) is 5.58 Å². The van der Waals surface area contributed by atoms with Gasteiger partial charge in [-0.25, -0.2) is 0 Å². The summed E-state index contributed by atoms with van der Waals surface area (Å²) in [6.45, 7) is 2.08. The molecule has 4 nitrogen and oxygen atoms in total. The third-order valence-corrected chi connectivity index (χ3v) is 2.71. The quantitative estimate of drug-likeness (QED) is 0.774. The minimum absolute atomic E-state index is 0.100. The van der Waals surface area contributed by atoms with E-state index in [0.29, 0.717) is 11.3 Å². The number of aryl methyl sites for hydroxylation is 1. The zero-order valence-electron chi connectivity index (χ0n) is 11.1. The number of nitrogens with zero attached hydrogens (tertiary/aromatic N) is 1. The van der Waals surface area contributed by atoms with Crippen molar-refractivity contribution in [1.29, 1.82) is 0 Å². The molecule has 1 N–H and O–H groups in total. The van der Waals surface area contributed by atoms with Gasteiger partial charge in [0, 0.05) is 5.39 Å². The molecule has 0 aliphatic heterocycles. The molecule has 2 aromatic carbocycles. The molecule has 0 fully saturated rings. The van der Waals surface area contributed by atoms with Crippen LogP contribution in [0.2, 0.25) is 0 Å². The second-order valence-corrected chi connectivity index (χ2v) is 4.35. The van der Waals surface area contributed by atoms with E-state index in [-0.39, 0.29) is 6.42 Å². The van der Waals surface area contributed by atoms with Crippen molar-refractivity contribution in [2.24, 2.45) is 0 Å². The molecule has 0 spiro atoms. The molecule has 0 bridgehead atoms. The largest absolute Gasteiger partial charge is 0.481 e. The van der Waals surface area contributed by atoms with Gasteiger partial charge >= 0.3 is 5.97 Å². The van der Waals surface area contributed by atoms with E-state index in [1.165, 1.54) is 5.56 Å². The SMILES string of the molecule is Cc1ccccc1.O=C(O)Cc1noc2ccccc12. The zero-order valence-corrected chi connectivity index (χ0v) is 11.1.